The number of rotatable bonds is 1. The molecule has 0 aromatic heterocycles. The van der Waals surface area contributed by atoms with Gasteiger partial charge in [0.25, 0.3) is 0 Å². The van der Waals surface area contributed by atoms with Gasteiger partial charge in [0.15, 0.2) is 0 Å². The molecule has 0 aliphatic heterocycles. The summed E-state index contributed by atoms with van der Waals surface area (Å²) in [4.78, 5) is 9.38. The first-order chi connectivity index (χ1) is 2.27. The normalized spacial score (nSPS) is 8.60. The zero-order valence-corrected chi connectivity index (χ0v) is 3.49. The van der Waals surface area contributed by atoms with Gasteiger partial charge in [0.05, 0.1) is 0 Å². The topological polar surface area (TPSA) is 17.1 Å². The van der Waals surface area contributed by atoms with Crippen LogP contribution in [0.3, 0.4) is 0 Å². The van der Waals surface area contributed by atoms with Crippen LogP contribution in [-0.4, -0.2) is 6.29 Å². The lowest BCUT2D eigenvalue weighted by Gasteiger charge is -1.76. The maximum atomic E-state index is 9.38. The van der Waals surface area contributed by atoms with Crippen LogP contribution < -0.4 is 0 Å². The van der Waals surface area contributed by atoms with E-state index in [4.69, 9.17) is 0 Å². The van der Waals surface area contributed by atoms with Crippen molar-refractivity contribution in [3.63, 3.8) is 0 Å². The molecule has 0 aliphatic carbocycles. The van der Waals surface area contributed by atoms with E-state index in [0.717, 1.165) is 0 Å². The van der Waals surface area contributed by atoms with E-state index >= 15 is 0 Å². The Morgan fingerprint density at radius 2 is 1.80 bits per heavy atom. The van der Waals surface area contributed by atoms with Crippen molar-refractivity contribution in [2.24, 2.45) is 5.92 Å². The predicted molar refractivity (Wildman–Crippen MR) is 20.5 cm³/mol. The maximum Gasteiger partial charge on any atom is 0.201 e. The Kier molecular flexibility index (Phi) is 1.81. The molecule has 0 rings (SSSR count). The summed E-state index contributed by atoms with van der Waals surface area (Å²) in [6.45, 7) is 3.60. The second-order valence-corrected chi connectivity index (χ2v) is 1.27. The summed E-state index contributed by atoms with van der Waals surface area (Å²) < 4.78 is 0. The lowest BCUT2D eigenvalue weighted by Crippen LogP contribution is -1.82. The lowest BCUT2D eigenvalue weighted by atomic mass is 10.3. The van der Waals surface area contributed by atoms with Crippen molar-refractivity contribution in [1.29, 1.82) is 0 Å². The van der Waals surface area contributed by atoms with Gasteiger partial charge in [-0.25, -0.2) is 0 Å². The molecule has 0 aliphatic rings. The molecule has 0 saturated carbocycles. The zero-order chi connectivity index (χ0) is 4.28. The molecule has 0 amide bonds. The van der Waals surface area contributed by atoms with Crippen LogP contribution in [0.1, 0.15) is 13.8 Å². The fourth-order valence-corrected chi connectivity index (χ4v) is 0. The van der Waals surface area contributed by atoms with E-state index in [9.17, 15) is 4.79 Å². The highest BCUT2D eigenvalue weighted by Crippen LogP contribution is 1.78. The quantitative estimate of drug-likeness (QED) is 0.446. The molecule has 0 bridgehead atoms. The highest BCUT2D eigenvalue weighted by molar-refractivity contribution is 5.52. The van der Waals surface area contributed by atoms with E-state index < -0.39 is 0 Å². The smallest absolute Gasteiger partial charge is 0.201 e. The number of carbonyl (C=O) groups excluding carboxylic acids is 1. The second kappa shape index (κ2) is 1.94. The first kappa shape index (κ1) is 4.67. The van der Waals surface area contributed by atoms with Gasteiger partial charge in [-0.2, -0.15) is 0 Å². The van der Waals surface area contributed by atoms with Crippen LogP contribution in [0.2, 0.25) is 0 Å². The zero-order valence-electron chi connectivity index (χ0n) is 3.49. The Balaban J connectivity index is 2.83. The molecule has 29 valence electrons. The highest BCUT2D eigenvalue weighted by atomic mass is 16.1. The Morgan fingerprint density at radius 1 is 1.60 bits per heavy atom. The minimum Gasteiger partial charge on any atom is -0.291 e. The van der Waals surface area contributed by atoms with Crippen molar-refractivity contribution in [3.8, 4) is 0 Å². The molecule has 1 nitrogen and oxygen atoms in total. The van der Waals surface area contributed by atoms with Crippen LogP contribution in [0.25, 0.3) is 0 Å². The molecule has 0 aromatic carbocycles. The van der Waals surface area contributed by atoms with Gasteiger partial charge >= 0.3 is 0 Å². The molecule has 0 saturated heterocycles. The van der Waals surface area contributed by atoms with E-state index in [2.05, 4.69) is 0 Å². The molecule has 0 unspecified atom stereocenters. The van der Waals surface area contributed by atoms with E-state index in [1.54, 1.807) is 20.1 Å². The summed E-state index contributed by atoms with van der Waals surface area (Å²) in [5.74, 6) is 0.0787. The van der Waals surface area contributed by atoms with E-state index in [-0.39, 0.29) is 5.92 Å². The van der Waals surface area contributed by atoms with Gasteiger partial charge in [-0.05, 0) is 0 Å². The molecule has 0 heterocycles. The third kappa shape index (κ3) is 3.67. The molecule has 0 atom stereocenters. The van der Waals surface area contributed by atoms with Crippen molar-refractivity contribution < 1.29 is 4.79 Å². The van der Waals surface area contributed by atoms with Crippen LogP contribution in [0.4, 0.5) is 0 Å². The minimum atomic E-state index is 0.0787. The van der Waals surface area contributed by atoms with Crippen LogP contribution in [0, 0.1) is 5.92 Å². The van der Waals surface area contributed by atoms with Crippen LogP contribution in [0.5, 0.6) is 0 Å². The summed E-state index contributed by atoms with van der Waals surface area (Å²) >= 11 is 0. The van der Waals surface area contributed by atoms with Crippen molar-refractivity contribution in [3.05, 3.63) is 0 Å². The molecule has 5 heavy (non-hydrogen) atoms. The van der Waals surface area contributed by atoms with Gasteiger partial charge in [0, 0.05) is 5.92 Å². The van der Waals surface area contributed by atoms with Gasteiger partial charge in [0.1, 0.15) is 0 Å². The van der Waals surface area contributed by atoms with Gasteiger partial charge < -0.3 is 0 Å². The summed E-state index contributed by atoms with van der Waals surface area (Å²) in [5.41, 5.74) is 0. The van der Waals surface area contributed by atoms with Gasteiger partial charge in [-0.3, -0.25) is 4.79 Å². The summed E-state index contributed by atoms with van der Waals surface area (Å²) in [7, 11) is 0. The van der Waals surface area contributed by atoms with Crippen LogP contribution >= 0.6 is 0 Å². The van der Waals surface area contributed by atoms with Gasteiger partial charge in [0.2, 0.25) is 6.29 Å². The van der Waals surface area contributed by atoms with Crippen molar-refractivity contribution in [2.75, 3.05) is 0 Å². The van der Waals surface area contributed by atoms with E-state index in [1.165, 1.54) is 0 Å². The highest BCUT2D eigenvalue weighted by Gasteiger charge is 1.82. The Labute approximate surface area is 32.0 Å². The lowest BCUT2D eigenvalue weighted by molar-refractivity contribution is 0.537. The second-order valence-electron chi connectivity index (χ2n) is 1.27. The predicted octanol–water partition coefficient (Wildman–Crippen LogP) is 0.752. The molecule has 0 fully saturated rings. The molecule has 0 spiro atoms. The average Bonchev–Trinajstić information content (AvgIpc) is 1.38. The Morgan fingerprint density at radius 3 is 1.80 bits per heavy atom. The van der Waals surface area contributed by atoms with Crippen molar-refractivity contribution >= 4 is 6.29 Å². The monoisotopic (exact) mass is 71.0 g/mol. The van der Waals surface area contributed by atoms with Crippen LogP contribution in [0.15, 0.2) is 0 Å². The third-order valence-electron chi connectivity index (χ3n) is 0.236. The molecule has 1 radical (unpaired) electrons. The first-order valence-electron chi connectivity index (χ1n) is 1.65. The fourth-order valence-electron chi connectivity index (χ4n) is 0. The third-order valence-corrected chi connectivity index (χ3v) is 0.236. The van der Waals surface area contributed by atoms with Crippen molar-refractivity contribution in [2.45, 2.75) is 13.8 Å². The maximum absolute atomic E-state index is 9.38. The number of hydrogen-bond acceptors (Lipinski definition) is 1. The molecular weight excluding hydrogens is 64.0 g/mol. The van der Waals surface area contributed by atoms with E-state index in [0.29, 0.717) is 0 Å². The summed E-state index contributed by atoms with van der Waals surface area (Å²) in [6.07, 6.45) is 1.78. The summed E-state index contributed by atoms with van der Waals surface area (Å²) in [6, 6.07) is 0. The molecule has 0 aromatic rings. The molecular formula is C4H7O. The SMILES string of the molecule is CC(C)[C]=O. The standard InChI is InChI=1S/C4H7O/c1-4(2)3-5/h4H,1-2H3. The first-order valence-corrected chi connectivity index (χ1v) is 1.65. The Bertz CT molecular complexity index is 30.6. The van der Waals surface area contributed by atoms with Gasteiger partial charge in [-0.1, -0.05) is 13.8 Å². The molecule has 1 heteroatoms. The number of hydrogen-bond donors (Lipinski definition) is 0. The molecule has 0 N–H and O–H groups in total. The Hall–Kier alpha value is -0.330. The van der Waals surface area contributed by atoms with E-state index in [1.807, 2.05) is 0 Å². The summed E-state index contributed by atoms with van der Waals surface area (Å²) in [5, 5.41) is 0. The fraction of sp³-hybridized carbons (Fsp3) is 0.750. The van der Waals surface area contributed by atoms with Gasteiger partial charge in [-0.15, -0.1) is 0 Å². The van der Waals surface area contributed by atoms with Crippen LogP contribution in [-0.2, 0) is 4.79 Å². The van der Waals surface area contributed by atoms with Crippen molar-refractivity contribution in [1.82, 2.24) is 0 Å². The largest absolute Gasteiger partial charge is 0.291 e. The average molecular weight is 71.1 g/mol. The minimum absolute atomic E-state index is 0.0787.